The third-order valence-corrected chi connectivity index (χ3v) is 10.8. The summed E-state index contributed by atoms with van der Waals surface area (Å²) in [6.45, 7) is -0.0132. The zero-order valence-corrected chi connectivity index (χ0v) is 33.6. The van der Waals surface area contributed by atoms with Crippen molar-refractivity contribution in [3.63, 3.8) is 0 Å². The predicted octanol–water partition coefficient (Wildman–Crippen LogP) is 5.91. The van der Waals surface area contributed by atoms with Gasteiger partial charge in [0.25, 0.3) is 0 Å². The van der Waals surface area contributed by atoms with Crippen LogP contribution in [0.25, 0.3) is 11.1 Å². The minimum absolute atomic E-state index is 0.0265. The topological polar surface area (TPSA) is 174 Å². The van der Waals surface area contributed by atoms with Crippen molar-refractivity contribution >= 4 is 29.7 Å². The van der Waals surface area contributed by atoms with E-state index in [0.717, 1.165) is 22.3 Å². The first-order valence-corrected chi connectivity index (χ1v) is 20.2. The quantitative estimate of drug-likeness (QED) is 0.0771. The summed E-state index contributed by atoms with van der Waals surface area (Å²) in [4.78, 5) is 66.7. The van der Waals surface area contributed by atoms with Crippen LogP contribution < -0.4 is 10.6 Å². The van der Waals surface area contributed by atoms with Crippen LogP contribution in [0, 0.1) is 0 Å². The maximum atomic E-state index is 13.8. The number of fused-ring (bicyclic) bond motifs is 4. The maximum absolute atomic E-state index is 13.8. The van der Waals surface area contributed by atoms with Gasteiger partial charge in [0.05, 0.1) is 18.8 Å². The van der Waals surface area contributed by atoms with E-state index in [2.05, 4.69) is 10.6 Å². The van der Waals surface area contributed by atoms with Gasteiger partial charge in [0, 0.05) is 24.0 Å². The molecule has 0 bridgehead atoms. The van der Waals surface area contributed by atoms with Gasteiger partial charge < -0.3 is 43.8 Å². The summed E-state index contributed by atoms with van der Waals surface area (Å²) in [6.07, 6.45) is -6.24. The van der Waals surface area contributed by atoms with Crippen LogP contribution in [-0.4, -0.2) is 92.8 Å². The zero-order valence-electron chi connectivity index (χ0n) is 33.6. The molecule has 62 heavy (non-hydrogen) atoms. The highest BCUT2D eigenvalue weighted by Crippen LogP contribution is 2.44. The largest absolute Gasteiger partial charge is 0.456 e. The predicted molar refractivity (Wildman–Crippen MR) is 222 cm³/mol. The molecule has 3 aliphatic rings. The van der Waals surface area contributed by atoms with Crippen LogP contribution in [0.15, 0.2) is 140 Å². The average Bonchev–Trinajstić information content (AvgIpc) is 3.63. The Morgan fingerprint density at radius 2 is 1.31 bits per heavy atom. The highest BCUT2D eigenvalue weighted by molar-refractivity contribution is 5.98. The van der Waals surface area contributed by atoms with Crippen molar-refractivity contribution in [2.24, 2.45) is 0 Å². The number of amides is 2. The first kappa shape index (κ1) is 42.0. The summed E-state index contributed by atoms with van der Waals surface area (Å²) in [5, 5.41) is 5.33. The minimum Gasteiger partial charge on any atom is -0.456 e. The van der Waals surface area contributed by atoms with E-state index >= 15 is 0 Å². The zero-order chi connectivity index (χ0) is 43.0. The molecule has 14 nitrogen and oxygen atoms in total. The molecule has 318 valence electrons. The van der Waals surface area contributed by atoms with Crippen LogP contribution in [0.4, 0.5) is 4.79 Å². The van der Waals surface area contributed by atoms with Crippen molar-refractivity contribution in [1.29, 1.82) is 0 Å². The molecule has 8 rings (SSSR count). The van der Waals surface area contributed by atoms with Crippen molar-refractivity contribution in [3.05, 3.63) is 167 Å². The molecule has 5 aromatic rings. The van der Waals surface area contributed by atoms with E-state index in [1.807, 2.05) is 78.9 Å². The Morgan fingerprint density at radius 3 is 1.95 bits per heavy atom. The van der Waals surface area contributed by atoms with Crippen LogP contribution in [0.2, 0.25) is 0 Å². The number of benzene rings is 5. The number of esters is 2. The van der Waals surface area contributed by atoms with Gasteiger partial charge in [-0.2, -0.15) is 0 Å². The van der Waals surface area contributed by atoms with Crippen LogP contribution in [-0.2, 0) is 42.7 Å². The Kier molecular flexibility index (Phi) is 13.1. The summed E-state index contributed by atoms with van der Waals surface area (Å²) >= 11 is 0. The summed E-state index contributed by atoms with van der Waals surface area (Å²) in [7, 11) is 0. The number of ketones is 1. The second kappa shape index (κ2) is 19.3. The van der Waals surface area contributed by atoms with E-state index in [9.17, 15) is 24.0 Å². The summed E-state index contributed by atoms with van der Waals surface area (Å²) in [5.41, 5.74) is 5.34. The van der Waals surface area contributed by atoms with E-state index in [4.69, 9.17) is 33.2 Å². The Balaban J connectivity index is 1.02. The number of carbonyl (C=O) groups is 5. The molecular formula is C48H44N2O12. The van der Waals surface area contributed by atoms with Gasteiger partial charge in [-0.05, 0) is 34.4 Å². The van der Waals surface area contributed by atoms with Gasteiger partial charge in [0.15, 0.2) is 37.1 Å². The second-order valence-corrected chi connectivity index (χ2v) is 14.9. The first-order valence-electron chi connectivity index (χ1n) is 20.2. The maximum Gasteiger partial charge on any atom is 0.407 e. The van der Waals surface area contributed by atoms with Crippen LogP contribution in [0.5, 0.6) is 0 Å². The molecule has 2 amide bonds. The molecule has 7 atom stereocenters. The minimum atomic E-state index is -1.54. The third kappa shape index (κ3) is 9.59. The summed E-state index contributed by atoms with van der Waals surface area (Å²) in [5.74, 6) is -2.95. The summed E-state index contributed by atoms with van der Waals surface area (Å²) < 4.78 is 42.3. The molecule has 2 saturated heterocycles. The van der Waals surface area contributed by atoms with Gasteiger partial charge in [-0.1, -0.05) is 127 Å². The van der Waals surface area contributed by atoms with Crippen LogP contribution in [0.3, 0.4) is 0 Å². The SMILES string of the molecule is CC(=O)NC1C(OC[C@@H](NC(=O)OCC2c3ccccc3-c3ccccc32)C(=O)OCC(=O)c2ccccc2)OC2COC(c3ccccc3)OC2C1OC(=O)c1ccccc1. The highest BCUT2D eigenvalue weighted by atomic mass is 16.8. The fourth-order valence-corrected chi connectivity index (χ4v) is 7.87. The molecule has 6 unspecified atom stereocenters. The molecule has 2 aliphatic heterocycles. The highest BCUT2D eigenvalue weighted by Gasteiger charge is 2.53. The van der Waals surface area contributed by atoms with E-state index < -0.39 is 85.9 Å². The number of ether oxygens (including phenoxy) is 7. The monoisotopic (exact) mass is 840 g/mol. The molecule has 0 saturated carbocycles. The number of rotatable bonds is 14. The van der Waals surface area contributed by atoms with Crippen LogP contribution >= 0.6 is 0 Å². The summed E-state index contributed by atoms with van der Waals surface area (Å²) in [6, 6.07) is 38.7. The van der Waals surface area contributed by atoms with Gasteiger partial charge in [0.1, 0.15) is 24.9 Å². The Hall–Kier alpha value is -6.71. The van der Waals surface area contributed by atoms with Crippen molar-refractivity contribution in [2.75, 3.05) is 26.4 Å². The lowest BCUT2D eigenvalue weighted by atomic mass is 9.95. The van der Waals surface area contributed by atoms with Gasteiger partial charge in [-0.25, -0.2) is 14.4 Å². The van der Waals surface area contributed by atoms with Gasteiger partial charge >= 0.3 is 18.0 Å². The number of nitrogens with one attached hydrogen (secondary N) is 2. The molecule has 2 heterocycles. The fraction of sp³-hybridized carbons (Fsp3) is 0.271. The molecule has 0 aromatic heterocycles. The van der Waals surface area contributed by atoms with Crippen molar-refractivity contribution in [2.45, 2.75) is 55.8 Å². The number of hydrogen-bond donors (Lipinski definition) is 2. The fourth-order valence-electron chi connectivity index (χ4n) is 7.87. The smallest absolute Gasteiger partial charge is 0.407 e. The Bertz CT molecular complexity index is 2330. The van der Waals surface area contributed by atoms with E-state index in [1.165, 1.54) is 6.92 Å². The standard InChI is InChI=1S/C48H44N2O12/c1-29(51)49-41-43(61-44(53)31-17-7-3-8-18-31)42-40(28-58-46(62-42)32-19-9-4-10-20-32)60-47(41)57-26-38(45(54)56-27-39(52)30-15-5-2-6-16-30)50-48(55)59-25-37-35-23-13-11-21-33(35)34-22-12-14-24-36(34)37/h2-24,37-38,40-43,46-47H,25-28H2,1H3,(H,49,51)(H,50,55)/t38-,40?,41?,42?,43?,46?,47?/m1/s1. The van der Waals surface area contributed by atoms with Gasteiger partial charge in [-0.15, -0.1) is 0 Å². The van der Waals surface area contributed by atoms with Crippen molar-refractivity contribution in [3.8, 4) is 11.1 Å². The van der Waals surface area contributed by atoms with Gasteiger partial charge in [0.2, 0.25) is 5.91 Å². The number of Topliss-reactive ketones (excluding diaryl/α,β-unsaturated/α-hetero) is 1. The van der Waals surface area contributed by atoms with Crippen molar-refractivity contribution in [1.82, 2.24) is 10.6 Å². The molecule has 1 aliphatic carbocycles. The van der Waals surface area contributed by atoms with E-state index in [-0.39, 0.29) is 24.7 Å². The molecule has 2 N–H and O–H groups in total. The number of carbonyl (C=O) groups excluding carboxylic acids is 5. The normalized spacial score (nSPS) is 21.8. The second-order valence-electron chi connectivity index (χ2n) is 14.9. The van der Waals surface area contributed by atoms with E-state index in [1.54, 1.807) is 60.7 Å². The molecule has 14 heteroatoms. The third-order valence-electron chi connectivity index (χ3n) is 10.8. The van der Waals surface area contributed by atoms with Crippen molar-refractivity contribution < 1.29 is 57.1 Å². The lowest BCUT2D eigenvalue weighted by Gasteiger charge is -2.48. The number of alkyl carbamates (subject to hydrolysis) is 1. The lowest BCUT2D eigenvalue weighted by Crippen LogP contribution is -2.68. The Morgan fingerprint density at radius 1 is 0.710 bits per heavy atom. The number of hydrogen-bond acceptors (Lipinski definition) is 12. The first-order chi connectivity index (χ1) is 30.2. The Labute approximate surface area is 357 Å². The van der Waals surface area contributed by atoms with Crippen LogP contribution in [0.1, 0.15) is 56.5 Å². The lowest BCUT2D eigenvalue weighted by molar-refractivity contribution is -0.343. The average molecular weight is 841 g/mol. The molecular weight excluding hydrogens is 797 g/mol. The van der Waals surface area contributed by atoms with E-state index in [0.29, 0.717) is 11.1 Å². The molecule has 0 spiro atoms. The molecule has 2 fully saturated rings. The van der Waals surface area contributed by atoms with Gasteiger partial charge in [-0.3, -0.25) is 9.59 Å². The molecule has 0 radical (unpaired) electrons. The molecule has 5 aromatic carbocycles.